The molecule has 4 heteroatoms. The van der Waals surface area contributed by atoms with Crippen LogP contribution in [0.25, 0.3) is 12.2 Å². The summed E-state index contributed by atoms with van der Waals surface area (Å²) in [4.78, 5) is 15.3. The molecule has 0 aliphatic carbocycles. The van der Waals surface area contributed by atoms with Crippen molar-refractivity contribution in [2.45, 2.75) is 6.92 Å². The first-order valence-electron chi connectivity index (χ1n) is 8.24. The van der Waals surface area contributed by atoms with E-state index in [9.17, 15) is 4.79 Å². The number of rotatable bonds is 3. The Hall–Kier alpha value is -1.49. The van der Waals surface area contributed by atoms with Crippen LogP contribution >= 0.6 is 31.9 Å². The van der Waals surface area contributed by atoms with Gasteiger partial charge in [-0.25, -0.2) is 0 Å². The van der Waals surface area contributed by atoms with E-state index in [1.54, 1.807) is 0 Å². The first kappa shape index (κ1) is 18.3. The molecular weight excluding hydrogens is 442 g/mol. The Bertz CT molecular complexity index is 787. The number of carbonyl (C=O) groups is 1. The maximum Gasteiger partial charge on any atom is 0.187 e. The van der Waals surface area contributed by atoms with Gasteiger partial charge in [0.1, 0.15) is 0 Å². The van der Waals surface area contributed by atoms with Crippen LogP contribution in [0.4, 0.5) is 0 Å². The Morgan fingerprint density at radius 1 is 0.920 bits per heavy atom. The van der Waals surface area contributed by atoms with Gasteiger partial charge in [0.2, 0.25) is 0 Å². The van der Waals surface area contributed by atoms with Crippen LogP contribution in [0.1, 0.15) is 18.1 Å². The second-order valence-corrected chi connectivity index (χ2v) is 7.91. The van der Waals surface area contributed by atoms with E-state index in [4.69, 9.17) is 0 Å². The molecule has 1 fully saturated rings. The Morgan fingerprint density at radius 2 is 1.40 bits per heavy atom. The van der Waals surface area contributed by atoms with Crippen LogP contribution in [-0.4, -0.2) is 30.3 Å². The molecule has 2 aromatic rings. The monoisotopic (exact) mass is 459 g/mol. The van der Waals surface area contributed by atoms with E-state index in [0.29, 0.717) is 13.1 Å². The normalized spacial score (nSPS) is 18.9. The van der Waals surface area contributed by atoms with Crippen LogP contribution in [0.15, 0.2) is 68.6 Å². The molecule has 0 spiro atoms. The number of halogens is 2. The summed E-state index contributed by atoms with van der Waals surface area (Å²) < 4.78 is 2.03. The Labute approximate surface area is 165 Å². The summed E-state index contributed by atoms with van der Waals surface area (Å²) in [6.45, 7) is 4.43. The molecule has 0 aromatic heterocycles. The highest BCUT2D eigenvalue weighted by molar-refractivity contribution is 9.10. The largest absolute Gasteiger partial charge is 0.295 e. The van der Waals surface area contributed by atoms with E-state index < -0.39 is 0 Å². The minimum atomic E-state index is 0.143. The minimum absolute atomic E-state index is 0.143. The molecule has 2 nitrogen and oxygen atoms in total. The molecule has 0 radical (unpaired) electrons. The summed E-state index contributed by atoms with van der Waals surface area (Å²) in [5.41, 5.74) is 3.76. The molecule has 0 unspecified atom stereocenters. The number of ketones is 1. The van der Waals surface area contributed by atoms with Gasteiger partial charge in [-0.3, -0.25) is 9.69 Å². The van der Waals surface area contributed by atoms with Crippen LogP contribution in [-0.2, 0) is 4.79 Å². The van der Waals surface area contributed by atoms with Crippen molar-refractivity contribution in [2.75, 3.05) is 19.6 Å². The maximum atomic E-state index is 13.0. The number of likely N-dealkylation sites (tertiary alicyclic amines) is 1. The van der Waals surface area contributed by atoms with Crippen molar-refractivity contribution < 1.29 is 4.79 Å². The van der Waals surface area contributed by atoms with Gasteiger partial charge in [0.15, 0.2) is 5.78 Å². The predicted molar refractivity (Wildman–Crippen MR) is 111 cm³/mol. The molecule has 0 amide bonds. The lowest BCUT2D eigenvalue weighted by molar-refractivity contribution is -0.113. The average molecular weight is 461 g/mol. The van der Waals surface area contributed by atoms with Crippen molar-refractivity contribution in [1.82, 2.24) is 4.90 Å². The third-order valence-electron chi connectivity index (χ3n) is 4.20. The van der Waals surface area contributed by atoms with Crippen LogP contribution in [0.2, 0.25) is 0 Å². The summed E-state index contributed by atoms with van der Waals surface area (Å²) in [6.07, 6.45) is 4.01. The molecule has 0 N–H and O–H groups in total. The van der Waals surface area contributed by atoms with Gasteiger partial charge in [0.05, 0.1) is 0 Å². The van der Waals surface area contributed by atoms with Crippen LogP contribution < -0.4 is 0 Å². The van der Waals surface area contributed by atoms with Gasteiger partial charge < -0.3 is 0 Å². The molecule has 1 heterocycles. The third-order valence-corrected chi connectivity index (χ3v) is 5.18. The highest BCUT2D eigenvalue weighted by atomic mass is 79.9. The van der Waals surface area contributed by atoms with Gasteiger partial charge in [-0.05, 0) is 54.1 Å². The quantitative estimate of drug-likeness (QED) is 0.557. The van der Waals surface area contributed by atoms with Crippen molar-refractivity contribution in [2.24, 2.45) is 0 Å². The molecular formula is C21H19Br2NO. The fraction of sp³-hybridized carbons (Fsp3) is 0.190. The van der Waals surface area contributed by atoms with Crippen LogP contribution in [0, 0.1) is 0 Å². The molecule has 0 saturated carbocycles. The Morgan fingerprint density at radius 3 is 1.80 bits per heavy atom. The zero-order valence-corrected chi connectivity index (χ0v) is 17.2. The highest BCUT2D eigenvalue weighted by Gasteiger charge is 2.25. The summed E-state index contributed by atoms with van der Waals surface area (Å²) in [5, 5.41) is 0. The molecule has 0 atom stereocenters. The van der Waals surface area contributed by atoms with Crippen molar-refractivity contribution >= 4 is 49.8 Å². The third kappa shape index (κ3) is 4.78. The molecule has 1 aliphatic rings. The van der Waals surface area contributed by atoms with E-state index in [1.807, 2.05) is 60.7 Å². The molecule has 25 heavy (non-hydrogen) atoms. The second-order valence-electron chi connectivity index (χ2n) is 6.08. The summed E-state index contributed by atoms with van der Waals surface area (Å²) in [7, 11) is 0. The van der Waals surface area contributed by atoms with Gasteiger partial charge in [-0.2, -0.15) is 0 Å². The first-order chi connectivity index (χ1) is 12.0. The second kappa shape index (κ2) is 8.26. The number of benzene rings is 2. The fourth-order valence-electron chi connectivity index (χ4n) is 2.93. The standard InChI is InChI=1S/C21H19Br2NO/c1-2-24-13-17(9-15-5-3-7-19(22)11-15)21(25)18(14-24)10-16-6-4-8-20(23)12-16/h3-12H,2,13-14H2,1H3. The van der Waals surface area contributed by atoms with Crippen molar-refractivity contribution in [1.29, 1.82) is 0 Å². The fourth-order valence-corrected chi connectivity index (χ4v) is 3.76. The number of carbonyl (C=O) groups excluding carboxylic acids is 1. The molecule has 0 bridgehead atoms. The number of likely N-dealkylation sites (N-methyl/N-ethyl adjacent to an activating group) is 1. The van der Waals surface area contributed by atoms with Gasteiger partial charge >= 0.3 is 0 Å². The lowest BCUT2D eigenvalue weighted by Gasteiger charge is -2.28. The van der Waals surface area contributed by atoms with E-state index >= 15 is 0 Å². The van der Waals surface area contributed by atoms with Gasteiger partial charge in [0.25, 0.3) is 0 Å². The van der Waals surface area contributed by atoms with Crippen molar-refractivity contribution in [3.8, 4) is 0 Å². The van der Waals surface area contributed by atoms with E-state index in [1.165, 1.54) is 0 Å². The first-order valence-corrected chi connectivity index (χ1v) is 9.83. The van der Waals surface area contributed by atoms with Crippen LogP contribution in [0.5, 0.6) is 0 Å². The Kier molecular flexibility index (Phi) is 6.05. The maximum absolute atomic E-state index is 13.0. The lowest BCUT2D eigenvalue weighted by atomic mass is 9.94. The number of Topliss-reactive ketones (excluding diaryl/α,β-unsaturated/α-hetero) is 1. The molecule has 2 aromatic carbocycles. The topological polar surface area (TPSA) is 20.3 Å². The number of piperidine rings is 1. The minimum Gasteiger partial charge on any atom is -0.295 e. The van der Waals surface area contributed by atoms with Gasteiger partial charge in [-0.15, -0.1) is 0 Å². The molecule has 3 rings (SSSR count). The number of nitrogens with zero attached hydrogens (tertiary/aromatic N) is 1. The zero-order valence-electron chi connectivity index (χ0n) is 14.0. The Balaban J connectivity index is 1.96. The van der Waals surface area contributed by atoms with Crippen molar-refractivity contribution in [3.05, 3.63) is 79.7 Å². The van der Waals surface area contributed by atoms with E-state index in [2.05, 4.69) is 43.7 Å². The van der Waals surface area contributed by atoms with Crippen molar-refractivity contribution in [3.63, 3.8) is 0 Å². The number of hydrogen-bond acceptors (Lipinski definition) is 2. The predicted octanol–water partition coefficient (Wildman–Crippen LogP) is 5.58. The van der Waals surface area contributed by atoms with Crippen LogP contribution in [0.3, 0.4) is 0 Å². The lowest BCUT2D eigenvalue weighted by Crippen LogP contribution is -2.37. The smallest absolute Gasteiger partial charge is 0.187 e. The van der Waals surface area contributed by atoms with Gasteiger partial charge in [-0.1, -0.05) is 63.0 Å². The SMILES string of the molecule is CCN1CC(=Cc2cccc(Br)c2)C(=O)C(=Cc2cccc(Br)c2)C1. The highest BCUT2D eigenvalue weighted by Crippen LogP contribution is 2.23. The molecule has 128 valence electrons. The molecule has 1 aliphatic heterocycles. The van der Waals surface area contributed by atoms with E-state index in [0.717, 1.165) is 37.8 Å². The summed E-state index contributed by atoms with van der Waals surface area (Å²) >= 11 is 6.98. The molecule has 1 saturated heterocycles. The zero-order chi connectivity index (χ0) is 17.8. The summed E-state index contributed by atoms with van der Waals surface area (Å²) in [6, 6.07) is 16.1. The van der Waals surface area contributed by atoms with Gasteiger partial charge in [0, 0.05) is 33.2 Å². The van der Waals surface area contributed by atoms with E-state index in [-0.39, 0.29) is 5.78 Å². The average Bonchev–Trinajstić information content (AvgIpc) is 2.58. The number of hydrogen-bond donors (Lipinski definition) is 0. The summed E-state index contributed by atoms with van der Waals surface area (Å²) in [5.74, 6) is 0.143.